The fourth-order valence-corrected chi connectivity index (χ4v) is 2.98. The molecule has 4 nitrogen and oxygen atoms in total. The molecule has 1 saturated carbocycles. The first kappa shape index (κ1) is 20.0. The van der Waals surface area contributed by atoms with Gasteiger partial charge in [0.15, 0.2) is 5.60 Å². The number of alkyl halides is 6. The summed E-state index contributed by atoms with van der Waals surface area (Å²) in [6.07, 6.45) is -6.07. The van der Waals surface area contributed by atoms with Gasteiger partial charge in [0.1, 0.15) is 0 Å². The number of rotatable bonds is 6. The summed E-state index contributed by atoms with van der Waals surface area (Å²) in [7, 11) is -5.82. The van der Waals surface area contributed by atoms with Crippen LogP contribution in [0, 0.1) is 5.92 Å². The molecule has 0 N–H and O–H groups in total. The molecule has 1 aromatic carbocycles. The molecule has 0 atom stereocenters. The van der Waals surface area contributed by atoms with E-state index >= 15 is 0 Å². The second-order valence-electron chi connectivity index (χ2n) is 5.72. The van der Waals surface area contributed by atoms with Crippen LogP contribution < -0.4 is 0 Å². The molecule has 0 bridgehead atoms. The molecule has 11 heteroatoms. The lowest BCUT2D eigenvalue weighted by Gasteiger charge is -2.47. The van der Waals surface area contributed by atoms with Crippen LogP contribution in [-0.4, -0.2) is 32.3 Å². The van der Waals surface area contributed by atoms with Crippen LogP contribution in [0.3, 0.4) is 0 Å². The maximum atomic E-state index is 13.2. The molecular weight excluding hydrogens is 378 g/mol. The van der Waals surface area contributed by atoms with Crippen LogP contribution in [0.25, 0.3) is 0 Å². The van der Waals surface area contributed by atoms with E-state index in [9.17, 15) is 34.8 Å². The maximum Gasteiger partial charge on any atom is 0.523 e. The number of benzene rings is 1. The molecule has 1 aliphatic carbocycles. The van der Waals surface area contributed by atoms with Gasteiger partial charge in [0.2, 0.25) is 0 Å². The molecule has 1 fully saturated rings. The van der Waals surface area contributed by atoms with Gasteiger partial charge in [-0.1, -0.05) is 30.3 Å². The van der Waals surface area contributed by atoms with Crippen LogP contribution >= 0.6 is 0 Å². The lowest BCUT2D eigenvalue weighted by atomic mass is 9.70. The highest BCUT2D eigenvalue weighted by Crippen LogP contribution is 2.52. The third-order valence-electron chi connectivity index (χ3n) is 3.85. The van der Waals surface area contributed by atoms with E-state index in [0.717, 1.165) is 0 Å². The molecule has 0 aliphatic heterocycles. The van der Waals surface area contributed by atoms with E-state index in [0.29, 0.717) is 5.56 Å². The quantitative estimate of drug-likeness (QED) is 0.420. The summed E-state index contributed by atoms with van der Waals surface area (Å²) >= 11 is 0. The first-order valence-corrected chi connectivity index (χ1v) is 8.47. The van der Waals surface area contributed by atoms with Gasteiger partial charge in [-0.3, -0.25) is 4.18 Å². The van der Waals surface area contributed by atoms with Crippen LogP contribution in [0.1, 0.15) is 18.4 Å². The fraction of sp³-hybridized carbons (Fsp3) is 0.571. The number of hydrogen-bond donors (Lipinski definition) is 0. The minimum Gasteiger partial charge on any atom is -0.361 e. The Morgan fingerprint density at radius 1 is 1.04 bits per heavy atom. The van der Waals surface area contributed by atoms with Gasteiger partial charge in [-0.25, -0.2) is 0 Å². The summed E-state index contributed by atoms with van der Waals surface area (Å²) < 4.78 is 106. The molecule has 1 aromatic rings. The lowest BCUT2D eigenvalue weighted by Crippen LogP contribution is -2.58. The highest BCUT2D eigenvalue weighted by Gasteiger charge is 2.63. The molecule has 142 valence electrons. The van der Waals surface area contributed by atoms with E-state index in [1.807, 2.05) is 0 Å². The molecule has 0 spiro atoms. The van der Waals surface area contributed by atoms with E-state index in [2.05, 4.69) is 4.18 Å². The van der Waals surface area contributed by atoms with Gasteiger partial charge in [0.05, 0.1) is 13.2 Å². The van der Waals surface area contributed by atoms with Crippen molar-refractivity contribution in [3.8, 4) is 0 Å². The van der Waals surface area contributed by atoms with Crippen molar-refractivity contribution in [1.29, 1.82) is 0 Å². The van der Waals surface area contributed by atoms with Gasteiger partial charge < -0.3 is 4.74 Å². The number of halogens is 6. The van der Waals surface area contributed by atoms with Crippen LogP contribution in [0.5, 0.6) is 0 Å². The van der Waals surface area contributed by atoms with Crippen molar-refractivity contribution in [1.82, 2.24) is 0 Å². The highest BCUT2D eigenvalue weighted by molar-refractivity contribution is 7.87. The van der Waals surface area contributed by atoms with Crippen molar-refractivity contribution in [3.05, 3.63) is 35.9 Å². The summed E-state index contributed by atoms with van der Waals surface area (Å²) in [6, 6.07) is 8.07. The zero-order valence-electron chi connectivity index (χ0n) is 12.6. The average Bonchev–Trinajstić information content (AvgIpc) is 2.43. The zero-order valence-corrected chi connectivity index (χ0v) is 13.4. The maximum absolute atomic E-state index is 13.2. The Labute approximate surface area is 139 Å². The van der Waals surface area contributed by atoms with E-state index < -0.39 is 52.8 Å². The van der Waals surface area contributed by atoms with Crippen molar-refractivity contribution in [2.24, 2.45) is 5.92 Å². The van der Waals surface area contributed by atoms with E-state index in [-0.39, 0.29) is 6.61 Å². The predicted octanol–water partition coefficient (Wildman–Crippen LogP) is 3.78. The van der Waals surface area contributed by atoms with Crippen LogP contribution in [0.2, 0.25) is 0 Å². The molecule has 0 heterocycles. The Balaban J connectivity index is 1.95. The molecule has 0 unspecified atom stereocenters. The Morgan fingerprint density at radius 3 is 2.08 bits per heavy atom. The topological polar surface area (TPSA) is 52.6 Å². The van der Waals surface area contributed by atoms with Gasteiger partial charge in [-0.2, -0.15) is 34.8 Å². The van der Waals surface area contributed by atoms with Crippen LogP contribution in [0.15, 0.2) is 30.3 Å². The van der Waals surface area contributed by atoms with Gasteiger partial charge in [0.25, 0.3) is 0 Å². The normalized spacial score (nSPS) is 24.8. The standard InChI is InChI=1S/C14H14F6O4S/c15-13(16,17)12(23-8-10-4-2-1-3-5-10)6-11(7-12)9-24-25(21,22)14(18,19)20/h1-5,11H,6-9H2. The summed E-state index contributed by atoms with van der Waals surface area (Å²) in [6.45, 7) is -1.30. The minimum absolute atomic E-state index is 0.325. The lowest BCUT2D eigenvalue weighted by molar-refractivity contribution is -0.321. The molecule has 0 saturated heterocycles. The predicted molar refractivity (Wildman–Crippen MR) is 73.7 cm³/mol. The molecule has 0 radical (unpaired) electrons. The third kappa shape index (κ3) is 4.45. The number of hydrogen-bond acceptors (Lipinski definition) is 4. The van der Waals surface area contributed by atoms with Crippen molar-refractivity contribution in [2.75, 3.05) is 6.61 Å². The third-order valence-corrected chi connectivity index (χ3v) is 4.87. The second kappa shape index (κ2) is 6.76. The van der Waals surface area contributed by atoms with Gasteiger partial charge >= 0.3 is 21.8 Å². The fourth-order valence-electron chi connectivity index (χ4n) is 2.47. The Kier molecular flexibility index (Phi) is 5.41. The molecule has 2 rings (SSSR count). The van der Waals surface area contributed by atoms with E-state index in [4.69, 9.17) is 4.74 Å². The largest absolute Gasteiger partial charge is 0.523 e. The van der Waals surface area contributed by atoms with E-state index in [1.54, 1.807) is 30.3 Å². The van der Waals surface area contributed by atoms with Crippen molar-refractivity contribution in [3.63, 3.8) is 0 Å². The van der Waals surface area contributed by atoms with Gasteiger partial charge in [-0.15, -0.1) is 0 Å². The van der Waals surface area contributed by atoms with Crippen molar-refractivity contribution in [2.45, 2.75) is 36.7 Å². The molecule has 1 aliphatic rings. The van der Waals surface area contributed by atoms with Crippen molar-refractivity contribution < 1.29 is 43.7 Å². The van der Waals surface area contributed by atoms with E-state index in [1.165, 1.54) is 0 Å². The smallest absolute Gasteiger partial charge is 0.361 e. The first-order valence-electron chi connectivity index (χ1n) is 7.07. The molecule has 0 aromatic heterocycles. The molecule has 0 amide bonds. The molecule has 25 heavy (non-hydrogen) atoms. The summed E-state index contributed by atoms with van der Waals surface area (Å²) in [5.74, 6) is -1.01. The van der Waals surface area contributed by atoms with Gasteiger partial charge in [0, 0.05) is 0 Å². The molecular formula is C14H14F6O4S. The Morgan fingerprint density at radius 2 is 1.60 bits per heavy atom. The first-order chi connectivity index (χ1) is 11.4. The minimum atomic E-state index is -5.82. The highest BCUT2D eigenvalue weighted by atomic mass is 32.2. The Bertz CT molecular complexity index is 678. The zero-order chi connectivity index (χ0) is 18.9. The summed E-state index contributed by atoms with van der Waals surface area (Å²) in [5.41, 5.74) is -7.62. The van der Waals surface area contributed by atoms with Gasteiger partial charge in [-0.05, 0) is 24.3 Å². The Hall–Kier alpha value is -1.33. The number of ether oxygens (including phenoxy) is 1. The SMILES string of the molecule is O=S(=O)(OCC1CC(OCc2ccccc2)(C(F)(F)F)C1)C(F)(F)F. The summed E-state index contributed by atoms with van der Waals surface area (Å²) in [5, 5.41) is 0. The van der Waals surface area contributed by atoms with Crippen molar-refractivity contribution >= 4 is 10.1 Å². The second-order valence-corrected chi connectivity index (χ2v) is 7.33. The van der Waals surface area contributed by atoms with Crippen LogP contribution in [0.4, 0.5) is 26.3 Å². The summed E-state index contributed by atoms with van der Waals surface area (Å²) in [4.78, 5) is 0. The van der Waals surface area contributed by atoms with Crippen LogP contribution in [-0.2, 0) is 25.6 Å². The monoisotopic (exact) mass is 392 g/mol. The average molecular weight is 392 g/mol.